The van der Waals surface area contributed by atoms with Crippen molar-refractivity contribution in [2.45, 2.75) is 33.5 Å². The molecule has 0 heterocycles. The molecule has 0 saturated carbocycles. The molecular formula is C9H19NO3Si. The number of amides is 1. The molecule has 0 aliphatic heterocycles. The molecule has 14 heavy (non-hydrogen) atoms. The van der Waals surface area contributed by atoms with Crippen LogP contribution in [0.25, 0.3) is 0 Å². The van der Waals surface area contributed by atoms with E-state index in [-0.39, 0.29) is 24.3 Å². The molecule has 0 spiro atoms. The molecule has 0 atom stereocenters. The lowest BCUT2D eigenvalue weighted by Crippen LogP contribution is -2.38. The fourth-order valence-electron chi connectivity index (χ4n) is 0.741. The van der Waals surface area contributed by atoms with Crippen LogP contribution < -0.4 is 5.32 Å². The third-order valence-electron chi connectivity index (χ3n) is 1.35. The van der Waals surface area contributed by atoms with E-state index in [0.717, 1.165) is 0 Å². The van der Waals surface area contributed by atoms with Crippen molar-refractivity contribution in [2.24, 2.45) is 5.92 Å². The Morgan fingerprint density at radius 1 is 1.29 bits per heavy atom. The van der Waals surface area contributed by atoms with E-state index in [4.69, 9.17) is 4.43 Å². The van der Waals surface area contributed by atoms with E-state index in [9.17, 15) is 9.59 Å². The number of hydrogen-bond donors (Lipinski definition) is 1. The Balaban J connectivity index is 3.81. The fourth-order valence-corrected chi connectivity index (χ4v) is 1.50. The summed E-state index contributed by atoms with van der Waals surface area (Å²) in [5.74, 6) is -0.578. The maximum Gasteiger partial charge on any atom is 0.312 e. The normalized spacial score (nSPS) is 11.3. The Morgan fingerprint density at radius 2 is 1.79 bits per heavy atom. The maximum atomic E-state index is 11.2. The van der Waals surface area contributed by atoms with Gasteiger partial charge in [-0.1, -0.05) is 13.8 Å². The van der Waals surface area contributed by atoms with Crippen LogP contribution in [0.5, 0.6) is 0 Å². The molecule has 0 aliphatic carbocycles. The number of carbonyl (C=O) groups is 2. The summed E-state index contributed by atoms with van der Waals surface area (Å²) in [4.78, 5) is 22.3. The highest BCUT2D eigenvalue weighted by Crippen LogP contribution is 2.02. The molecular weight excluding hydrogens is 198 g/mol. The minimum atomic E-state index is -1.82. The van der Waals surface area contributed by atoms with Crippen LogP contribution in [0.3, 0.4) is 0 Å². The van der Waals surface area contributed by atoms with Crippen LogP contribution in [0.2, 0.25) is 19.6 Å². The highest BCUT2D eigenvalue weighted by Gasteiger charge is 2.20. The van der Waals surface area contributed by atoms with Gasteiger partial charge in [-0.3, -0.25) is 9.59 Å². The summed E-state index contributed by atoms with van der Waals surface area (Å²) in [5.41, 5.74) is 0. The average molecular weight is 217 g/mol. The van der Waals surface area contributed by atoms with Crippen LogP contribution in [0.4, 0.5) is 0 Å². The first-order chi connectivity index (χ1) is 6.22. The molecule has 0 aromatic carbocycles. The van der Waals surface area contributed by atoms with Crippen molar-refractivity contribution in [3.63, 3.8) is 0 Å². The summed E-state index contributed by atoms with van der Waals surface area (Å²) in [5, 5.41) is 2.51. The van der Waals surface area contributed by atoms with E-state index in [1.807, 2.05) is 19.6 Å². The lowest BCUT2D eigenvalue weighted by Gasteiger charge is -2.17. The number of hydrogen-bond acceptors (Lipinski definition) is 3. The van der Waals surface area contributed by atoms with E-state index in [1.165, 1.54) is 0 Å². The standard InChI is InChI=1S/C9H19NO3Si/c1-7(2)9(12)10-6-8(11)13-14(3,4)5/h7H,6H2,1-5H3,(H,10,12). The molecule has 0 unspecified atom stereocenters. The Morgan fingerprint density at radius 3 is 2.14 bits per heavy atom. The average Bonchev–Trinajstić information content (AvgIpc) is 1.96. The molecule has 1 amide bonds. The zero-order chi connectivity index (χ0) is 11.4. The highest BCUT2D eigenvalue weighted by molar-refractivity contribution is 6.71. The summed E-state index contributed by atoms with van der Waals surface area (Å²) in [6.07, 6.45) is 0. The van der Waals surface area contributed by atoms with Crippen LogP contribution in [-0.2, 0) is 14.0 Å². The highest BCUT2D eigenvalue weighted by atomic mass is 28.4. The molecule has 0 aromatic rings. The zero-order valence-electron chi connectivity index (χ0n) is 9.51. The second-order valence-corrected chi connectivity index (χ2v) is 8.89. The third-order valence-corrected chi connectivity index (χ3v) is 2.19. The SMILES string of the molecule is CC(C)C(=O)NCC(=O)O[Si](C)(C)C. The minimum absolute atomic E-state index is 0.0265. The van der Waals surface area contributed by atoms with Gasteiger partial charge in [0.25, 0.3) is 0 Å². The van der Waals surface area contributed by atoms with Crippen molar-refractivity contribution < 1.29 is 14.0 Å². The molecule has 4 nitrogen and oxygen atoms in total. The van der Waals surface area contributed by atoms with Gasteiger partial charge in [0.05, 0.1) is 0 Å². The minimum Gasteiger partial charge on any atom is -0.519 e. The van der Waals surface area contributed by atoms with E-state index >= 15 is 0 Å². The van der Waals surface area contributed by atoms with Crippen LogP contribution in [0, 0.1) is 5.92 Å². The predicted octanol–water partition coefficient (Wildman–Crippen LogP) is 1.14. The third kappa shape index (κ3) is 6.65. The second kappa shape index (κ2) is 5.14. The van der Waals surface area contributed by atoms with Gasteiger partial charge in [0.15, 0.2) is 0 Å². The molecule has 0 saturated heterocycles. The second-order valence-electron chi connectivity index (χ2n) is 4.46. The largest absolute Gasteiger partial charge is 0.519 e. The van der Waals surface area contributed by atoms with Crippen molar-refractivity contribution >= 4 is 20.2 Å². The Hall–Kier alpha value is -0.843. The molecule has 0 rings (SSSR count). The molecule has 82 valence electrons. The van der Waals surface area contributed by atoms with Gasteiger partial charge in [-0.05, 0) is 19.6 Å². The molecule has 0 bridgehead atoms. The maximum absolute atomic E-state index is 11.2. The van der Waals surface area contributed by atoms with Gasteiger partial charge in [-0.15, -0.1) is 0 Å². The monoisotopic (exact) mass is 217 g/mol. The van der Waals surface area contributed by atoms with Gasteiger partial charge in [-0.2, -0.15) is 0 Å². The number of rotatable bonds is 4. The van der Waals surface area contributed by atoms with Crippen LogP contribution >= 0.6 is 0 Å². The lowest BCUT2D eigenvalue weighted by molar-refractivity contribution is -0.136. The predicted molar refractivity (Wildman–Crippen MR) is 57.3 cm³/mol. The van der Waals surface area contributed by atoms with E-state index < -0.39 is 8.32 Å². The first-order valence-electron chi connectivity index (χ1n) is 4.72. The zero-order valence-corrected chi connectivity index (χ0v) is 10.5. The fraction of sp³-hybridized carbons (Fsp3) is 0.778. The Bertz CT molecular complexity index is 221. The lowest BCUT2D eigenvalue weighted by atomic mass is 10.2. The van der Waals surface area contributed by atoms with Gasteiger partial charge in [0, 0.05) is 5.92 Å². The summed E-state index contributed by atoms with van der Waals surface area (Å²) in [6.45, 7) is 9.30. The Kier molecular flexibility index (Phi) is 4.83. The van der Waals surface area contributed by atoms with Gasteiger partial charge in [-0.25, -0.2) is 0 Å². The summed E-state index contributed by atoms with van der Waals surface area (Å²) in [6, 6.07) is 0. The molecule has 0 aromatic heterocycles. The Labute approximate surface area is 86.1 Å². The first-order valence-corrected chi connectivity index (χ1v) is 8.13. The van der Waals surface area contributed by atoms with Gasteiger partial charge < -0.3 is 9.74 Å². The summed E-state index contributed by atoms with van der Waals surface area (Å²) >= 11 is 0. The molecule has 0 fully saturated rings. The van der Waals surface area contributed by atoms with Crippen molar-refractivity contribution in [2.75, 3.05) is 6.54 Å². The van der Waals surface area contributed by atoms with E-state index in [1.54, 1.807) is 13.8 Å². The van der Waals surface area contributed by atoms with Crippen molar-refractivity contribution in [3.8, 4) is 0 Å². The van der Waals surface area contributed by atoms with Gasteiger partial charge >= 0.3 is 5.97 Å². The first kappa shape index (κ1) is 13.2. The number of carbonyl (C=O) groups excluding carboxylic acids is 2. The molecule has 1 N–H and O–H groups in total. The summed E-state index contributed by atoms with van der Waals surface area (Å²) < 4.78 is 5.15. The number of nitrogens with one attached hydrogen (secondary N) is 1. The van der Waals surface area contributed by atoms with Crippen molar-refractivity contribution in [3.05, 3.63) is 0 Å². The smallest absolute Gasteiger partial charge is 0.312 e. The van der Waals surface area contributed by atoms with Crippen LogP contribution in [0.15, 0.2) is 0 Å². The topological polar surface area (TPSA) is 55.4 Å². The van der Waals surface area contributed by atoms with Crippen LogP contribution in [-0.4, -0.2) is 26.7 Å². The molecule has 0 aliphatic rings. The summed E-state index contributed by atoms with van der Waals surface area (Å²) in [7, 11) is -1.82. The van der Waals surface area contributed by atoms with Crippen LogP contribution in [0.1, 0.15) is 13.8 Å². The molecule has 5 heteroatoms. The quantitative estimate of drug-likeness (QED) is 0.718. The van der Waals surface area contributed by atoms with E-state index in [2.05, 4.69) is 5.32 Å². The van der Waals surface area contributed by atoms with Crippen molar-refractivity contribution in [1.29, 1.82) is 0 Å². The molecule has 0 radical (unpaired) electrons. The van der Waals surface area contributed by atoms with Gasteiger partial charge in [0.1, 0.15) is 6.54 Å². The van der Waals surface area contributed by atoms with Gasteiger partial charge in [0.2, 0.25) is 14.2 Å². The van der Waals surface area contributed by atoms with E-state index in [0.29, 0.717) is 0 Å². The van der Waals surface area contributed by atoms with Crippen molar-refractivity contribution in [1.82, 2.24) is 5.32 Å².